The number of rotatable bonds is 3. The van der Waals surface area contributed by atoms with Gasteiger partial charge in [-0.2, -0.15) is 5.26 Å². The van der Waals surface area contributed by atoms with Crippen LogP contribution in [0, 0.1) is 23.0 Å². The molecule has 0 bridgehead atoms. The van der Waals surface area contributed by atoms with Crippen LogP contribution in [-0.4, -0.2) is 32.6 Å². The number of nitriles is 1. The fourth-order valence-corrected chi connectivity index (χ4v) is 3.85. The van der Waals surface area contributed by atoms with Crippen molar-refractivity contribution in [2.24, 2.45) is 0 Å². The molecule has 1 saturated heterocycles. The van der Waals surface area contributed by atoms with Gasteiger partial charge in [-0.25, -0.2) is 18.7 Å². The highest BCUT2D eigenvalue weighted by atomic mass is 19.2. The summed E-state index contributed by atoms with van der Waals surface area (Å²) in [4.78, 5) is 11.6. The van der Waals surface area contributed by atoms with E-state index in [1.807, 2.05) is 6.07 Å². The van der Waals surface area contributed by atoms with Gasteiger partial charge in [-0.15, -0.1) is 0 Å². The summed E-state index contributed by atoms with van der Waals surface area (Å²) in [5.74, 6) is -1.83. The summed E-state index contributed by atoms with van der Waals surface area (Å²) in [5.41, 5.74) is 1.53. The molecule has 0 spiro atoms. The third-order valence-electron chi connectivity index (χ3n) is 5.29. The molecule has 2 N–H and O–H groups in total. The first-order valence-electron chi connectivity index (χ1n) is 8.50. The Labute approximate surface area is 152 Å². The van der Waals surface area contributed by atoms with Gasteiger partial charge < -0.3 is 14.9 Å². The molecule has 27 heavy (non-hydrogen) atoms. The maximum absolute atomic E-state index is 14.8. The molecular formula is C19H14F2N6. The van der Waals surface area contributed by atoms with Crippen LogP contribution in [0.4, 0.5) is 8.78 Å². The molecule has 0 amide bonds. The fourth-order valence-electron chi connectivity index (χ4n) is 3.85. The van der Waals surface area contributed by atoms with Crippen molar-refractivity contribution in [3.05, 3.63) is 48.6 Å². The normalized spacial score (nSPS) is 15.7. The summed E-state index contributed by atoms with van der Waals surface area (Å²) in [6, 6.07) is 6.71. The highest BCUT2D eigenvalue weighted by Gasteiger charge is 2.40. The molecule has 134 valence electrons. The monoisotopic (exact) mass is 364 g/mol. The van der Waals surface area contributed by atoms with Crippen LogP contribution in [0.1, 0.15) is 6.42 Å². The van der Waals surface area contributed by atoms with Gasteiger partial charge in [-0.05, 0) is 18.2 Å². The van der Waals surface area contributed by atoms with Crippen molar-refractivity contribution in [2.45, 2.75) is 12.0 Å². The SMILES string of the molecule is N#CCC1(n2cc(-c3ncnc4[nH]ccc34)c3ccc(F)c(F)c32)CNC1. The lowest BCUT2D eigenvalue weighted by molar-refractivity contribution is 0.185. The first-order valence-corrected chi connectivity index (χ1v) is 8.50. The molecule has 0 unspecified atom stereocenters. The number of hydrogen-bond acceptors (Lipinski definition) is 4. The van der Waals surface area contributed by atoms with Crippen LogP contribution in [0.5, 0.6) is 0 Å². The minimum Gasteiger partial charge on any atom is -0.346 e. The van der Waals surface area contributed by atoms with Crippen molar-refractivity contribution in [1.82, 2.24) is 24.8 Å². The van der Waals surface area contributed by atoms with E-state index >= 15 is 0 Å². The van der Waals surface area contributed by atoms with Crippen LogP contribution in [0.2, 0.25) is 0 Å². The molecular weight excluding hydrogens is 350 g/mol. The van der Waals surface area contributed by atoms with Gasteiger partial charge in [-0.1, -0.05) is 0 Å². The summed E-state index contributed by atoms with van der Waals surface area (Å²) >= 11 is 0. The first-order chi connectivity index (χ1) is 13.1. The maximum Gasteiger partial charge on any atom is 0.183 e. The fraction of sp³-hybridized carbons (Fsp3) is 0.211. The zero-order chi connectivity index (χ0) is 18.6. The molecule has 5 rings (SSSR count). The van der Waals surface area contributed by atoms with E-state index in [-0.39, 0.29) is 11.9 Å². The molecule has 1 aliphatic rings. The Morgan fingerprint density at radius 3 is 2.78 bits per heavy atom. The van der Waals surface area contributed by atoms with Crippen LogP contribution in [0.15, 0.2) is 36.9 Å². The zero-order valence-electron chi connectivity index (χ0n) is 14.1. The molecule has 8 heteroatoms. The molecule has 1 aliphatic heterocycles. The predicted molar refractivity (Wildman–Crippen MR) is 95.8 cm³/mol. The summed E-state index contributed by atoms with van der Waals surface area (Å²) in [5, 5.41) is 13.8. The summed E-state index contributed by atoms with van der Waals surface area (Å²) in [6.45, 7) is 1.03. The second-order valence-corrected chi connectivity index (χ2v) is 6.80. The minimum atomic E-state index is -0.915. The summed E-state index contributed by atoms with van der Waals surface area (Å²) in [6.07, 6.45) is 5.17. The molecule has 6 nitrogen and oxygen atoms in total. The number of nitrogens with one attached hydrogen (secondary N) is 2. The standard InChI is InChI=1S/C19H14F2N6/c20-14-2-1-11-13(16-12-3-6-24-18(12)26-10-25-16)7-27(17(11)15(14)21)19(4-5-22)8-23-9-19/h1-3,6-7,10,23H,4,8-9H2,(H,24,25,26). The van der Waals surface area contributed by atoms with E-state index in [4.69, 9.17) is 0 Å². The van der Waals surface area contributed by atoms with Crippen LogP contribution >= 0.6 is 0 Å². The molecule has 3 aromatic heterocycles. The Bertz CT molecular complexity index is 1230. The lowest BCUT2D eigenvalue weighted by atomic mass is 9.88. The van der Waals surface area contributed by atoms with Gasteiger partial charge in [0.25, 0.3) is 0 Å². The Morgan fingerprint density at radius 1 is 1.19 bits per heavy atom. The second-order valence-electron chi connectivity index (χ2n) is 6.80. The van der Waals surface area contributed by atoms with Gasteiger partial charge in [-0.3, -0.25) is 0 Å². The minimum absolute atomic E-state index is 0.157. The topological polar surface area (TPSA) is 82.3 Å². The lowest BCUT2D eigenvalue weighted by Crippen LogP contribution is -2.60. The molecule has 0 radical (unpaired) electrons. The van der Waals surface area contributed by atoms with E-state index in [1.165, 1.54) is 6.33 Å². The summed E-state index contributed by atoms with van der Waals surface area (Å²) < 4.78 is 30.6. The summed E-state index contributed by atoms with van der Waals surface area (Å²) in [7, 11) is 0. The number of benzene rings is 1. The van der Waals surface area contributed by atoms with Crippen LogP contribution in [0.25, 0.3) is 33.2 Å². The van der Waals surface area contributed by atoms with Crippen molar-refractivity contribution in [2.75, 3.05) is 13.1 Å². The van der Waals surface area contributed by atoms with E-state index in [9.17, 15) is 14.0 Å². The molecule has 1 aromatic carbocycles. The highest BCUT2D eigenvalue weighted by molar-refractivity contribution is 6.02. The third kappa shape index (κ3) is 2.12. The quantitative estimate of drug-likeness (QED) is 0.585. The Hall–Kier alpha value is -3.31. The number of fused-ring (bicyclic) bond motifs is 2. The largest absolute Gasteiger partial charge is 0.346 e. The second kappa shape index (κ2) is 5.59. The molecule has 0 aliphatic carbocycles. The molecule has 1 fully saturated rings. The van der Waals surface area contributed by atoms with Crippen molar-refractivity contribution in [3.8, 4) is 17.3 Å². The Kier molecular flexibility index (Phi) is 3.29. The zero-order valence-corrected chi connectivity index (χ0v) is 14.1. The van der Waals surface area contributed by atoms with Gasteiger partial charge in [0, 0.05) is 41.8 Å². The maximum atomic E-state index is 14.8. The predicted octanol–water partition coefficient (Wildman–Crippen LogP) is 3.07. The van der Waals surface area contributed by atoms with E-state index in [1.54, 1.807) is 23.0 Å². The first kappa shape index (κ1) is 15.9. The van der Waals surface area contributed by atoms with Gasteiger partial charge >= 0.3 is 0 Å². The highest BCUT2D eigenvalue weighted by Crippen LogP contribution is 2.39. The van der Waals surface area contributed by atoms with E-state index in [0.717, 1.165) is 11.5 Å². The molecule has 4 aromatic rings. The van der Waals surface area contributed by atoms with Gasteiger partial charge in [0.05, 0.1) is 29.2 Å². The van der Waals surface area contributed by atoms with Crippen LogP contribution in [-0.2, 0) is 5.54 Å². The molecule has 0 saturated carbocycles. The van der Waals surface area contributed by atoms with Crippen molar-refractivity contribution in [1.29, 1.82) is 5.26 Å². The lowest BCUT2D eigenvalue weighted by Gasteiger charge is -2.43. The van der Waals surface area contributed by atoms with Crippen LogP contribution in [0.3, 0.4) is 0 Å². The van der Waals surface area contributed by atoms with E-state index < -0.39 is 17.2 Å². The average molecular weight is 364 g/mol. The van der Waals surface area contributed by atoms with Crippen LogP contribution < -0.4 is 5.32 Å². The number of aromatic nitrogens is 4. The van der Waals surface area contributed by atoms with Gasteiger partial charge in [0.2, 0.25) is 0 Å². The molecule has 4 heterocycles. The number of nitrogens with zero attached hydrogens (tertiary/aromatic N) is 4. The third-order valence-corrected chi connectivity index (χ3v) is 5.29. The smallest absolute Gasteiger partial charge is 0.183 e. The Morgan fingerprint density at radius 2 is 2.04 bits per heavy atom. The average Bonchev–Trinajstić information content (AvgIpc) is 3.26. The number of hydrogen-bond donors (Lipinski definition) is 2. The van der Waals surface area contributed by atoms with Crippen molar-refractivity contribution in [3.63, 3.8) is 0 Å². The van der Waals surface area contributed by atoms with Gasteiger partial charge in [0.15, 0.2) is 11.6 Å². The molecule has 0 atom stereocenters. The number of aromatic amines is 1. The number of H-pyrrole nitrogens is 1. The Balaban J connectivity index is 1.86. The van der Waals surface area contributed by atoms with E-state index in [0.29, 0.717) is 35.4 Å². The van der Waals surface area contributed by atoms with E-state index in [2.05, 4.69) is 26.3 Å². The van der Waals surface area contributed by atoms with Gasteiger partial charge in [0.1, 0.15) is 12.0 Å². The number of halogens is 2. The van der Waals surface area contributed by atoms with Crippen molar-refractivity contribution >= 4 is 21.9 Å². The van der Waals surface area contributed by atoms with Crippen molar-refractivity contribution < 1.29 is 8.78 Å².